The van der Waals surface area contributed by atoms with Crippen LogP contribution in [0, 0.1) is 5.82 Å². The van der Waals surface area contributed by atoms with Gasteiger partial charge in [0.1, 0.15) is 10.7 Å². The number of hydrogen-bond donors (Lipinski definition) is 2. The van der Waals surface area contributed by atoms with Crippen molar-refractivity contribution in [3.63, 3.8) is 0 Å². The summed E-state index contributed by atoms with van der Waals surface area (Å²) in [6.07, 6.45) is 2.66. The molecule has 0 aliphatic carbocycles. The molecule has 20 heavy (non-hydrogen) atoms. The van der Waals surface area contributed by atoms with Crippen molar-refractivity contribution in [2.24, 2.45) is 0 Å². The van der Waals surface area contributed by atoms with Gasteiger partial charge in [-0.25, -0.2) is 17.5 Å². The Hall–Kier alpha value is -0.890. The summed E-state index contributed by atoms with van der Waals surface area (Å²) in [5, 5.41) is -0.200. The third-order valence-corrected chi connectivity index (χ3v) is 5.00. The molecule has 1 aliphatic heterocycles. The fourth-order valence-electron chi connectivity index (χ4n) is 2.00. The van der Waals surface area contributed by atoms with Crippen molar-refractivity contribution in [1.82, 2.24) is 4.72 Å². The monoisotopic (exact) mass is 322 g/mol. The number of nitrogen functional groups attached to an aromatic ring is 1. The van der Waals surface area contributed by atoms with Gasteiger partial charge in [0.2, 0.25) is 10.0 Å². The molecule has 1 aromatic rings. The normalized spacial score (nSPS) is 20.0. The van der Waals surface area contributed by atoms with Crippen molar-refractivity contribution in [1.29, 1.82) is 0 Å². The van der Waals surface area contributed by atoms with Crippen molar-refractivity contribution in [2.45, 2.75) is 30.3 Å². The predicted molar refractivity (Wildman–Crippen MR) is 74.6 cm³/mol. The molecule has 8 heteroatoms. The molecule has 1 heterocycles. The number of ether oxygens (including phenoxy) is 1. The van der Waals surface area contributed by atoms with E-state index < -0.39 is 15.8 Å². The highest BCUT2D eigenvalue weighted by Gasteiger charge is 2.22. The molecule has 0 amide bonds. The molecular weight excluding hydrogens is 307 g/mol. The van der Waals surface area contributed by atoms with Crippen molar-refractivity contribution >= 4 is 27.3 Å². The Balaban J connectivity index is 2.11. The van der Waals surface area contributed by atoms with Gasteiger partial charge in [0.15, 0.2) is 0 Å². The van der Waals surface area contributed by atoms with Crippen molar-refractivity contribution in [3.05, 3.63) is 23.0 Å². The second-order valence-electron chi connectivity index (χ2n) is 4.64. The van der Waals surface area contributed by atoms with Gasteiger partial charge >= 0.3 is 0 Å². The first-order chi connectivity index (χ1) is 9.40. The quantitative estimate of drug-likeness (QED) is 0.830. The van der Waals surface area contributed by atoms with Crippen LogP contribution in [0.25, 0.3) is 0 Å². The Kier molecular flexibility index (Phi) is 4.85. The fraction of sp³-hybridized carbons (Fsp3) is 0.500. The van der Waals surface area contributed by atoms with Gasteiger partial charge in [0.05, 0.1) is 16.8 Å². The minimum Gasteiger partial charge on any atom is -0.396 e. The highest BCUT2D eigenvalue weighted by atomic mass is 35.5. The van der Waals surface area contributed by atoms with Crippen molar-refractivity contribution < 1.29 is 17.5 Å². The lowest BCUT2D eigenvalue weighted by atomic mass is 10.1. The van der Waals surface area contributed by atoms with Gasteiger partial charge in [0.25, 0.3) is 0 Å². The number of nitrogens with one attached hydrogen (secondary N) is 1. The molecule has 2 rings (SSSR count). The SMILES string of the molecule is Nc1cc(S(=O)(=O)NCC2CCCCO2)c(Cl)cc1F. The number of benzene rings is 1. The number of hydrogen-bond acceptors (Lipinski definition) is 4. The lowest BCUT2D eigenvalue weighted by molar-refractivity contribution is 0.0200. The molecule has 1 aromatic carbocycles. The van der Waals surface area contributed by atoms with Crippen LogP contribution < -0.4 is 10.5 Å². The van der Waals surface area contributed by atoms with E-state index in [0.29, 0.717) is 6.61 Å². The minimum atomic E-state index is -3.84. The minimum absolute atomic E-state index is 0.143. The molecule has 1 saturated heterocycles. The Morgan fingerprint density at radius 3 is 2.85 bits per heavy atom. The van der Waals surface area contributed by atoms with Crippen molar-refractivity contribution in [2.75, 3.05) is 18.9 Å². The van der Waals surface area contributed by atoms with E-state index in [2.05, 4.69) is 4.72 Å². The summed E-state index contributed by atoms with van der Waals surface area (Å²) in [4.78, 5) is -0.228. The van der Waals surface area contributed by atoms with Crippen LogP contribution in [0.15, 0.2) is 17.0 Å². The van der Waals surface area contributed by atoms with Gasteiger partial charge < -0.3 is 10.5 Å². The molecule has 1 aliphatic rings. The largest absolute Gasteiger partial charge is 0.396 e. The molecule has 1 atom stereocenters. The lowest BCUT2D eigenvalue weighted by Gasteiger charge is -2.22. The zero-order chi connectivity index (χ0) is 14.8. The van der Waals surface area contributed by atoms with E-state index in [1.165, 1.54) is 0 Å². The molecule has 1 unspecified atom stereocenters. The van der Waals surface area contributed by atoms with Crippen LogP contribution in [0.4, 0.5) is 10.1 Å². The number of halogens is 2. The second kappa shape index (κ2) is 6.26. The Morgan fingerprint density at radius 1 is 1.45 bits per heavy atom. The number of anilines is 1. The van der Waals surface area contributed by atoms with Crippen LogP contribution in [-0.4, -0.2) is 27.7 Å². The van der Waals surface area contributed by atoms with Gasteiger partial charge in [-0.15, -0.1) is 0 Å². The molecule has 1 fully saturated rings. The average molecular weight is 323 g/mol. The van der Waals surface area contributed by atoms with E-state index >= 15 is 0 Å². The van der Waals surface area contributed by atoms with Crippen molar-refractivity contribution in [3.8, 4) is 0 Å². The number of rotatable bonds is 4. The maximum Gasteiger partial charge on any atom is 0.242 e. The van der Waals surface area contributed by atoms with Gasteiger partial charge in [-0.2, -0.15) is 0 Å². The van der Waals surface area contributed by atoms with E-state index in [9.17, 15) is 12.8 Å². The van der Waals surface area contributed by atoms with Crippen LogP contribution in [0.5, 0.6) is 0 Å². The van der Waals surface area contributed by atoms with Crippen LogP contribution in [-0.2, 0) is 14.8 Å². The smallest absolute Gasteiger partial charge is 0.242 e. The van der Waals surface area contributed by atoms with E-state index in [1.54, 1.807) is 0 Å². The topological polar surface area (TPSA) is 81.4 Å². The summed E-state index contributed by atoms with van der Waals surface area (Å²) in [7, 11) is -3.84. The van der Waals surface area contributed by atoms with E-state index in [-0.39, 0.29) is 28.3 Å². The highest BCUT2D eigenvalue weighted by Crippen LogP contribution is 2.26. The number of sulfonamides is 1. The maximum absolute atomic E-state index is 13.2. The van der Waals surface area contributed by atoms with E-state index in [4.69, 9.17) is 22.1 Å². The van der Waals surface area contributed by atoms with Crippen LogP contribution >= 0.6 is 11.6 Å². The van der Waals surface area contributed by atoms with Crippen LogP contribution in [0.2, 0.25) is 5.02 Å². The molecule has 0 saturated carbocycles. The third-order valence-electron chi connectivity index (χ3n) is 3.12. The summed E-state index contributed by atoms with van der Waals surface area (Å²) in [5.74, 6) is -0.746. The second-order valence-corrected chi connectivity index (χ2v) is 6.79. The zero-order valence-corrected chi connectivity index (χ0v) is 12.3. The van der Waals surface area contributed by atoms with Gasteiger partial charge in [0, 0.05) is 13.2 Å². The summed E-state index contributed by atoms with van der Waals surface area (Å²) in [6.45, 7) is 0.798. The van der Waals surface area contributed by atoms with Gasteiger partial charge in [-0.05, 0) is 31.4 Å². The number of nitrogens with two attached hydrogens (primary N) is 1. The first-order valence-electron chi connectivity index (χ1n) is 6.26. The predicted octanol–water partition coefficient (Wildman–Crippen LogP) is 1.91. The summed E-state index contributed by atoms with van der Waals surface area (Å²) in [6, 6.07) is 1.91. The van der Waals surface area contributed by atoms with Crippen LogP contribution in [0.1, 0.15) is 19.3 Å². The Labute approximate surface area is 122 Å². The maximum atomic E-state index is 13.2. The molecule has 0 aromatic heterocycles. The van der Waals surface area contributed by atoms with Crippen LogP contribution in [0.3, 0.4) is 0 Å². The third kappa shape index (κ3) is 3.60. The molecule has 0 radical (unpaired) electrons. The average Bonchev–Trinajstić information content (AvgIpc) is 2.42. The molecule has 3 N–H and O–H groups in total. The van der Waals surface area contributed by atoms with Gasteiger partial charge in [-0.3, -0.25) is 0 Å². The molecule has 0 spiro atoms. The summed E-state index contributed by atoms with van der Waals surface area (Å²) >= 11 is 5.76. The molecule has 5 nitrogen and oxygen atoms in total. The zero-order valence-electron chi connectivity index (χ0n) is 10.7. The first kappa shape index (κ1) is 15.5. The van der Waals surface area contributed by atoms with E-state index in [1.807, 2.05) is 0 Å². The summed E-state index contributed by atoms with van der Waals surface area (Å²) in [5.41, 5.74) is 5.11. The standard InChI is InChI=1S/C12H16ClFN2O3S/c13-9-5-10(14)11(15)6-12(9)20(17,18)16-7-8-3-1-2-4-19-8/h5-6,8,16H,1-4,7,15H2. The summed E-state index contributed by atoms with van der Waals surface area (Å²) < 4.78 is 45.3. The Morgan fingerprint density at radius 2 is 2.20 bits per heavy atom. The Bertz CT molecular complexity index is 589. The highest BCUT2D eigenvalue weighted by molar-refractivity contribution is 7.89. The lowest BCUT2D eigenvalue weighted by Crippen LogP contribution is -2.35. The molecule has 112 valence electrons. The molecular formula is C12H16ClFN2O3S. The molecule has 0 bridgehead atoms. The first-order valence-corrected chi connectivity index (χ1v) is 8.12. The van der Waals surface area contributed by atoms with Gasteiger partial charge in [-0.1, -0.05) is 11.6 Å². The fourth-order valence-corrected chi connectivity index (χ4v) is 3.61. The van der Waals surface area contributed by atoms with E-state index in [0.717, 1.165) is 31.4 Å².